The van der Waals surface area contributed by atoms with Crippen LogP contribution in [0.5, 0.6) is 0 Å². The maximum absolute atomic E-state index is 12.8. The Kier molecular flexibility index (Phi) is 6.48. The van der Waals surface area contributed by atoms with Crippen molar-refractivity contribution in [3.63, 3.8) is 0 Å². The summed E-state index contributed by atoms with van der Waals surface area (Å²) in [6, 6.07) is 16.0. The number of hydrogen-bond acceptors (Lipinski definition) is 5. The molecule has 6 heteroatoms. The van der Waals surface area contributed by atoms with Crippen LogP contribution in [0.25, 0.3) is 28.2 Å². The second-order valence-corrected chi connectivity index (χ2v) is 7.56. The molecular weight excluding hydrogens is 386 g/mol. The predicted octanol–water partition coefficient (Wildman–Crippen LogP) is 4.81. The maximum Gasteiger partial charge on any atom is 0.164 e. The molecule has 6 nitrogen and oxygen atoms in total. The Morgan fingerprint density at radius 2 is 1.94 bits per heavy atom. The topological polar surface area (TPSA) is 72.2 Å². The summed E-state index contributed by atoms with van der Waals surface area (Å²) in [4.78, 5) is 22.1. The molecule has 4 rings (SSSR count). The second-order valence-electron chi connectivity index (χ2n) is 7.56. The van der Waals surface area contributed by atoms with E-state index >= 15 is 0 Å². The summed E-state index contributed by atoms with van der Waals surface area (Å²) in [5, 5.41) is 7.84. The summed E-state index contributed by atoms with van der Waals surface area (Å²) < 4.78 is 1.74. The minimum atomic E-state index is 0.134. The number of ketones is 1. The second kappa shape index (κ2) is 9.62. The summed E-state index contributed by atoms with van der Waals surface area (Å²) in [6.07, 6.45) is 7.70. The number of aromatic nitrogens is 4. The zero-order valence-electron chi connectivity index (χ0n) is 18.0. The van der Waals surface area contributed by atoms with E-state index in [4.69, 9.17) is 4.98 Å². The van der Waals surface area contributed by atoms with Gasteiger partial charge in [0, 0.05) is 36.0 Å². The van der Waals surface area contributed by atoms with Crippen molar-refractivity contribution in [3.8, 4) is 22.5 Å². The van der Waals surface area contributed by atoms with Gasteiger partial charge in [0.15, 0.2) is 11.4 Å². The molecular formula is C25H27N5O. The van der Waals surface area contributed by atoms with Crippen LogP contribution in [0.3, 0.4) is 0 Å². The fourth-order valence-electron chi connectivity index (χ4n) is 3.76. The van der Waals surface area contributed by atoms with Gasteiger partial charge in [0.25, 0.3) is 0 Å². The molecule has 0 bridgehead atoms. The van der Waals surface area contributed by atoms with Crippen molar-refractivity contribution in [2.75, 3.05) is 6.54 Å². The van der Waals surface area contributed by atoms with Gasteiger partial charge in [0.1, 0.15) is 0 Å². The number of hydrogen-bond donors (Lipinski definition) is 1. The van der Waals surface area contributed by atoms with Crippen molar-refractivity contribution in [2.24, 2.45) is 0 Å². The first-order valence-corrected chi connectivity index (χ1v) is 10.8. The van der Waals surface area contributed by atoms with Gasteiger partial charge < -0.3 is 5.32 Å². The number of carbonyl (C=O) groups is 1. The number of fused-ring (bicyclic) bond motifs is 1. The third-order valence-corrected chi connectivity index (χ3v) is 5.50. The number of carbonyl (C=O) groups excluding carboxylic acids is 1. The molecule has 4 aromatic rings. The lowest BCUT2D eigenvalue weighted by atomic mass is 10.0. The van der Waals surface area contributed by atoms with E-state index in [0.717, 1.165) is 41.9 Å². The number of benzene rings is 1. The highest BCUT2D eigenvalue weighted by Gasteiger charge is 2.15. The number of nitrogens with one attached hydrogen (secondary N) is 1. The van der Waals surface area contributed by atoms with E-state index in [1.54, 1.807) is 23.0 Å². The summed E-state index contributed by atoms with van der Waals surface area (Å²) >= 11 is 0. The Labute approximate surface area is 182 Å². The number of Topliss-reactive ketones (excluding diaryl/α,β-unsaturated/α-hetero) is 1. The highest BCUT2D eigenvalue weighted by atomic mass is 16.1. The molecule has 0 aliphatic heterocycles. The van der Waals surface area contributed by atoms with Gasteiger partial charge in [-0.15, -0.1) is 0 Å². The summed E-state index contributed by atoms with van der Waals surface area (Å²) in [6.45, 7) is 5.15. The van der Waals surface area contributed by atoms with Crippen molar-refractivity contribution >= 4 is 11.4 Å². The lowest BCUT2D eigenvalue weighted by molar-refractivity contribution is 0.0975. The Bertz CT molecular complexity index is 1170. The van der Waals surface area contributed by atoms with E-state index in [0.29, 0.717) is 23.7 Å². The van der Waals surface area contributed by atoms with E-state index < -0.39 is 0 Å². The average molecular weight is 414 g/mol. The average Bonchev–Trinajstić information content (AvgIpc) is 3.25. The van der Waals surface area contributed by atoms with Crippen LogP contribution in [0, 0.1) is 0 Å². The van der Waals surface area contributed by atoms with Crippen LogP contribution in [-0.2, 0) is 0 Å². The molecule has 0 radical (unpaired) electrons. The summed E-state index contributed by atoms with van der Waals surface area (Å²) in [7, 11) is 0. The molecule has 0 aliphatic carbocycles. The standard InChI is InChI=1S/C25H27N5O/c1-3-20(26-4-2)10-11-24(31)19-12-14-27-23(16-19)21-17-28-30-15-13-22(29-25(21)30)18-8-6-5-7-9-18/h5-9,12-17,20,26H,3-4,10-11H2,1-2H3. The minimum absolute atomic E-state index is 0.134. The summed E-state index contributed by atoms with van der Waals surface area (Å²) in [5.41, 5.74) is 4.83. The van der Waals surface area contributed by atoms with Crippen LogP contribution in [0.1, 0.15) is 43.5 Å². The zero-order chi connectivity index (χ0) is 21.6. The molecule has 0 amide bonds. The van der Waals surface area contributed by atoms with Gasteiger partial charge in [0.2, 0.25) is 0 Å². The minimum Gasteiger partial charge on any atom is -0.314 e. The van der Waals surface area contributed by atoms with Crippen molar-refractivity contribution < 1.29 is 4.79 Å². The largest absolute Gasteiger partial charge is 0.314 e. The van der Waals surface area contributed by atoms with Crippen LogP contribution in [0.15, 0.2) is 67.1 Å². The quantitative estimate of drug-likeness (QED) is 0.399. The predicted molar refractivity (Wildman–Crippen MR) is 123 cm³/mol. The van der Waals surface area contributed by atoms with Crippen molar-refractivity contribution in [3.05, 3.63) is 72.7 Å². The Hall–Kier alpha value is -3.38. The molecule has 31 heavy (non-hydrogen) atoms. The van der Waals surface area contributed by atoms with Gasteiger partial charge in [0.05, 0.1) is 23.1 Å². The number of pyridine rings is 1. The molecule has 0 aliphatic rings. The zero-order valence-corrected chi connectivity index (χ0v) is 18.0. The maximum atomic E-state index is 12.8. The van der Waals surface area contributed by atoms with Crippen LogP contribution in [0.4, 0.5) is 0 Å². The van der Waals surface area contributed by atoms with Crippen LogP contribution >= 0.6 is 0 Å². The van der Waals surface area contributed by atoms with Crippen molar-refractivity contribution in [2.45, 2.75) is 39.2 Å². The number of rotatable bonds is 9. The van der Waals surface area contributed by atoms with E-state index in [2.05, 4.69) is 29.2 Å². The highest BCUT2D eigenvalue weighted by Crippen LogP contribution is 2.25. The number of nitrogens with zero attached hydrogens (tertiary/aromatic N) is 4. The van der Waals surface area contributed by atoms with Crippen molar-refractivity contribution in [1.82, 2.24) is 24.9 Å². The van der Waals surface area contributed by atoms with Crippen LogP contribution in [0.2, 0.25) is 0 Å². The molecule has 0 spiro atoms. The van der Waals surface area contributed by atoms with Crippen molar-refractivity contribution in [1.29, 1.82) is 0 Å². The Morgan fingerprint density at radius 1 is 1.10 bits per heavy atom. The Morgan fingerprint density at radius 3 is 2.71 bits per heavy atom. The van der Waals surface area contributed by atoms with E-state index in [1.165, 1.54) is 0 Å². The molecule has 1 N–H and O–H groups in total. The van der Waals surface area contributed by atoms with E-state index in [-0.39, 0.29) is 5.78 Å². The third kappa shape index (κ3) is 4.70. The molecule has 1 atom stereocenters. The van der Waals surface area contributed by atoms with Gasteiger partial charge in [-0.1, -0.05) is 44.2 Å². The van der Waals surface area contributed by atoms with Gasteiger partial charge in [-0.3, -0.25) is 9.78 Å². The first-order chi connectivity index (χ1) is 15.2. The SMILES string of the molecule is CCNC(CC)CCC(=O)c1ccnc(-c2cnn3ccc(-c4ccccc4)nc23)c1. The van der Waals surface area contributed by atoms with Gasteiger partial charge in [-0.25, -0.2) is 9.50 Å². The lowest BCUT2D eigenvalue weighted by Gasteiger charge is -2.14. The molecule has 3 aromatic heterocycles. The van der Waals surface area contributed by atoms with E-state index in [1.807, 2.05) is 48.7 Å². The molecule has 158 valence electrons. The smallest absolute Gasteiger partial charge is 0.164 e. The molecule has 0 fully saturated rings. The molecule has 0 saturated carbocycles. The Balaban J connectivity index is 1.61. The lowest BCUT2D eigenvalue weighted by Crippen LogP contribution is -2.28. The molecule has 0 saturated heterocycles. The monoisotopic (exact) mass is 413 g/mol. The third-order valence-electron chi connectivity index (χ3n) is 5.50. The fraction of sp³-hybridized carbons (Fsp3) is 0.280. The first-order valence-electron chi connectivity index (χ1n) is 10.8. The fourth-order valence-corrected chi connectivity index (χ4v) is 3.76. The van der Waals surface area contributed by atoms with E-state index in [9.17, 15) is 4.79 Å². The van der Waals surface area contributed by atoms with Gasteiger partial charge in [-0.2, -0.15) is 5.10 Å². The van der Waals surface area contributed by atoms with Gasteiger partial charge in [-0.05, 0) is 37.6 Å². The summed E-state index contributed by atoms with van der Waals surface area (Å²) in [5.74, 6) is 0.134. The van der Waals surface area contributed by atoms with Crippen LogP contribution in [-0.4, -0.2) is 38.0 Å². The molecule has 1 aromatic carbocycles. The highest BCUT2D eigenvalue weighted by molar-refractivity contribution is 5.97. The first kappa shape index (κ1) is 20.9. The van der Waals surface area contributed by atoms with Gasteiger partial charge >= 0.3 is 0 Å². The normalized spacial score (nSPS) is 12.2. The van der Waals surface area contributed by atoms with Crippen LogP contribution < -0.4 is 5.32 Å². The molecule has 1 unspecified atom stereocenters. The molecule has 3 heterocycles.